The average molecular weight is 923 g/mol. The van der Waals surface area contributed by atoms with E-state index in [1.165, 1.54) is 20.8 Å². The number of nitrogens with two attached hydrogens (primary N) is 1. The van der Waals surface area contributed by atoms with Gasteiger partial charge in [0.2, 0.25) is 17.7 Å². The normalized spacial score (nSPS) is 21.0. The number of phosphoric acid groups is 3. The highest BCUT2D eigenvalue weighted by molar-refractivity contribution is 8.13. The molecule has 1 fully saturated rings. The molecule has 26 nitrogen and oxygen atoms in total. The van der Waals surface area contributed by atoms with Gasteiger partial charge < -0.3 is 56.2 Å². The van der Waals surface area contributed by atoms with Gasteiger partial charge >= 0.3 is 23.5 Å². The Labute approximate surface area is 341 Å². The van der Waals surface area contributed by atoms with Gasteiger partial charge in [-0.05, 0) is 12.8 Å². The molecule has 7 atom stereocenters. The van der Waals surface area contributed by atoms with Crippen LogP contribution in [0.1, 0.15) is 59.1 Å². The van der Waals surface area contributed by atoms with Crippen molar-refractivity contribution in [3.8, 4) is 0 Å². The number of imidazole rings is 1. The summed E-state index contributed by atoms with van der Waals surface area (Å²) in [4.78, 5) is 98.5. The number of aliphatic hydroxyl groups excluding tert-OH is 2. The molecule has 2 aromatic rings. The highest BCUT2D eigenvalue weighted by Crippen LogP contribution is 2.61. The summed E-state index contributed by atoms with van der Waals surface area (Å²) in [7, 11) is -16.4. The van der Waals surface area contributed by atoms with Crippen LogP contribution in [0.2, 0.25) is 0 Å². The third-order valence-electron chi connectivity index (χ3n) is 8.20. The summed E-state index contributed by atoms with van der Waals surface area (Å²) in [5, 5.41) is 29.0. The molecule has 1 aliphatic heterocycles. The van der Waals surface area contributed by atoms with Crippen LogP contribution in [-0.2, 0) is 55.5 Å². The molecule has 0 radical (unpaired) electrons. The van der Waals surface area contributed by atoms with Gasteiger partial charge in [0.05, 0.1) is 19.5 Å². The first kappa shape index (κ1) is 50.4. The number of unbranched alkanes of at least 4 members (excludes halogenated alkanes) is 2. The number of thioether (sulfide) groups is 1. The van der Waals surface area contributed by atoms with Gasteiger partial charge in [-0.3, -0.25) is 37.3 Å². The molecule has 2 aromatic heterocycles. The Hall–Kier alpha value is -2.97. The number of fused-ring (bicyclic) bond motifs is 1. The molecular formula is C29H49N8O18P3S. The number of rotatable bonds is 25. The van der Waals surface area contributed by atoms with E-state index < -0.39 is 84.6 Å². The lowest BCUT2D eigenvalue weighted by molar-refractivity contribution is -0.137. The fourth-order valence-corrected chi connectivity index (χ4v) is 8.75. The van der Waals surface area contributed by atoms with E-state index in [-0.39, 0.29) is 47.5 Å². The van der Waals surface area contributed by atoms with Crippen molar-refractivity contribution in [1.29, 1.82) is 0 Å². The van der Waals surface area contributed by atoms with Gasteiger partial charge in [0.15, 0.2) is 22.8 Å². The number of phosphoric ester groups is 3. The second-order valence-electron chi connectivity index (χ2n) is 13.6. The lowest BCUT2D eigenvalue weighted by atomic mass is 9.87. The van der Waals surface area contributed by atoms with E-state index in [0.29, 0.717) is 25.1 Å². The van der Waals surface area contributed by atoms with Crippen LogP contribution in [0.15, 0.2) is 12.7 Å². The number of hydrogen-bond acceptors (Lipinski definition) is 19. The van der Waals surface area contributed by atoms with Gasteiger partial charge in [-0.15, -0.1) is 0 Å². The Kier molecular flexibility index (Phi) is 19.0. The fraction of sp³-hybridized carbons (Fsp3) is 0.690. The summed E-state index contributed by atoms with van der Waals surface area (Å²) in [6, 6.07) is 0. The first-order valence-electron chi connectivity index (χ1n) is 17.7. The molecule has 334 valence electrons. The molecule has 59 heavy (non-hydrogen) atoms. The predicted molar refractivity (Wildman–Crippen MR) is 204 cm³/mol. The second-order valence-corrected chi connectivity index (χ2v) is 19.0. The molecule has 0 bridgehead atoms. The Morgan fingerprint density at radius 1 is 0.966 bits per heavy atom. The maximum Gasteiger partial charge on any atom is 0.481 e. The van der Waals surface area contributed by atoms with Gasteiger partial charge in [-0.1, -0.05) is 32.0 Å². The van der Waals surface area contributed by atoms with Crippen molar-refractivity contribution < 1.29 is 85.3 Å². The van der Waals surface area contributed by atoms with E-state index in [0.717, 1.165) is 41.8 Å². The van der Waals surface area contributed by atoms with Crippen molar-refractivity contribution in [3.05, 3.63) is 12.7 Å². The molecule has 11 N–H and O–H groups in total. The summed E-state index contributed by atoms with van der Waals surface area (Å²) in [6.07, 6.45) is -4.38. The Balaban J connectivity index is 1.42. The molecular weight excluding hydrogens is 873 g/mol. The number of amides is 3. The van der Waals surface area contributed by atoms with E-state index >= 15 is 0 Å². The van der Waals surface area contributed by atoms with Crippen LogP contribution in [0, 0.1) is 5.41 Å². The summed E-state index contributed by atoms with van der Waals surface area (Å²) in [5.41, 5.74) is 4.24. The zero-order chi connectivity index (χ0) is 44.2. The van der Waals surface area contributed by atoms with Crippen LogP contribution in [0.4, 0.5) is 5.82 Å². The summed E-state index contributed by atoms with van der Waals surface area (Å²) >= 11 is 1.07. The maximum absolute atomic E-state index is 12.7. The van der Waals surface area contributed by atoms with E-state index in [1.54, 1.807) is 0 Å². The monoisotopic (exact) mass is 922 g/mol. The minimum Gasteiger partial charge on any atom is -0.386 e. The van der Waals surface area contributed by atoms with Crippen molar-refractivity contribution in [3.63, 3.8) is 0 Å². The van der Waals surface area contributed by atoms with Gasteiger partial charge in [-0.2, -0.15) is 4.31 Å². The lowest BCUT2D eigenvalue weighted by Crippen LogP contribution is -2.46. The number of hydrogen-bond donors (Lipinski definition) is 10. The fourth-order valence-electron chi connectivity index (χ4n) is 5.20. The minimum atomic E-state index is -5.58. The van der Waals surface area contributed by atoms with Crippen LogP contribution in [0.5, 0.6) is 0 Å². The van der Waals surface area contributed by atoms with Crippen molar-refractivity contribution in [1.82, 2.24) is 35.5 Å². The lowest BCUT2D eigenvalue weighted by Gasteiger charge is -2.30. The number of aliphatic hydroxyl groups is 2. The topological polar surface area (TPSA) is 393 Å². The minimum absolute atomic E-state index is 0.0262. The molecule has 3 amide bonds. The molecule has 1 saturated heterocycles. The number of nitrogens with zero attached hydrogens (tertiary/aromatic N) is 4. The third-order valence-corrected chi connectivity index (χ3v) is 12.2. The molecule has 30 heteroatoms. The van der Waals surface area contributed by atoms with E-state index in [9.17, 15) is 62.7 Å². The molecule has 3 heterocycles. The predicted octanol–water partition coefficient (Wildman–Crippen LogP) is -0.639. The number of nitrogens with one attached hydrogen (secondary N) is 3. The van der Waals surface area contributed by atoms with E-state index in [1.807, 2.05) is 0 Å². The number of nitrogen functional groups attached to an aromatic ring is 1. The van der Waals surface area contributed by atoms with Crippen molar-refractivity contribution >= 4 is 75.0 Å². The van der Waals surface area contributed by atoms with Crippen molar-refractivity contribution in [2.24, 2.45) is 5.41 Å². The molecule has 0 spiro atoms. The molecule has 1 aliphatic rings. The Bertz CT molecular complexity index is 1920. The van der Waals surface area contributed by atoms with Crippen LogP contribution in [-0.4, -0.2) is 135 Å². The Morgan fingerprint density at radius 2 is 1.66 bits per heavy atom. The van der Waals surface area contributed by atoms with Crippen LogP contribution >= 0.6 is 35.2 Å². The quantitative estimate of drug-likeness (QED) is 0.0437. The van der Waals surface area contributed by atoms with E-state index in [4.69, 9.17) is 19.5 Å². The third kappa shape index (κ3) is 16.8. The largest absolute Gasteiger partial charge is 0.481 e. The first-order chi connectivity index (χ1) is 27.4. The summed E-state index contributed by atoms with van der Waals surface area (Å²) in [6.45, 7) is 2.41. The standard InChI is InChI=1S/C29H49N8O18P3S/c1-17(38)31-9-6-4-5-7-20(40)59-12-11-32-19(39)8-10-33-27(43)24(42)29(2,3)14-52-58(49,50)55-57(47,48)51-13-18-23(54-56(44,45)46)22(41)28(53-18)37-16-36-21-25(30)34-15-35-26(21)37/h15-16,18,22-24,28,41-42H,4-14H2,1-3H3,(H,31,38)(H,32,39)(H,33,43)(H,47,48)(H,49,50)(H2,30,34,35)(H2,44,45,46)/t18-,22-,23-,24+,28-/m1/s1. The van der Waals surface area contributed by atoms with Crippen LogP contribution < -0.4 is 21.7 Å². The van der Waals surface area contributed by atoms with Crippen molar-refractivity contribution in [2.45, 2.75) is 83.5 Å². The second kappa shape index (κ2) is 22.2. The Morgan fingerprint density at radius 3 is 2.34 bits per heavy atom. The average Bonchev–Trinajstić information content (AvgIpc) is 3.69. The van der Waals surface area contributed by atoms with Crippen LogP contribution in [0.3, 0.4) is 0 Å². The molecule has 0 aliphatic carbocycles. The molecule has 0 aromatic carbocycles. The molecule has 0 saturated carbocycles. The molecule has 3 rings (SSSR count). The number of carbonyl (C=O) groups is 4. The number of aromatic nitrogens is 4. The smallest absolute Gasteiger partial charge is 0.386 e. The maximum atomic E-state index is 12.7. The van der Waals surface area contributed by atoms with Gasteiger partial charge in [0, 0.05) is 50.6 Å². The number of carbonyl (C=O) groups excluding carboxylic acids is 4. The first-order valence-corrected chi connectivity index (χ1v) is 23.2. The van der Waals surface area contributed by atoms with E-state index in [2.05, 4.69) is 39.7 Å². The number of anilines is 1. The highest BCUT2D eigenvalue weighted by Gasteiger charge is 2.50. The number of ether oxygens (including phenoxy) is 1. The zero-order valence-corrected chi connectivity index (χ0v) is 35.5. The van der Waals surface area contributed by atoms with Gasteiger partial charge in [-0.25, -0.2) is 28.6 Å². The van der Waals surface area contributed by atoms with Gasteiger partial charge in [0.25, 0.3) is 0 Å². The zero-order valence-electron chi connectivity index (χ0n) is 32.0. The summed E-state index contributed by atoms with van der Waals surface area (Å²) < 4.78 is 62.1. The SMILES string of the molecule is CC(=O)NCCCCCC(=O)SCCNC(=O)CCNC(=O)[C@H](O)C(C)(C)COP(=O)(O)OP(=O)(O)OC[C@H]1O[C@@H](n2cnc3c(N)ncnc32)[C@H](O)[C@@H]1OP(=O)(O)O. The van der Waals surface area contributed by atoms with Crippen molar-refractivity contribution in [2.75, 3.05) is 44.3 Å². The van der Waals surface area contributed by atoms with Crippen LogP contribution in [0.25, 0.3) is 11.2 Å². The molecule has 2 unspecified atom stereocenters. The summed E-state index contributed by atoms with van der Waals surface area (Å²) in [5.74, 6) is -1.26. The van der Waals surface area contributed by atoms with Gasteiger partial charge in [0.1, 0.15) is 36.3 Å². The highest BCUT2D eigenvalue weighted by atomic mass is 32.2.